The Bertz CT molecular complexity index is 2040. The van der Waals surface area contributed by atoms with E-state index in [1.807, 2.05) is 0 Å². The van der Waals surface area contributed by atoms with Crippen molar-refractivity contribution in [2.24, 2.45) is 11.8 Å². The fourth-order valence-corrected chi connectivity index (χ4v) is 6.94. The number of benzene rings is 4. The summed E-state index contributed by atoms with van der Waals surface area (Å²) in [7, 11) is 0. The summed E-state index contributed by atoms with van der Waals surface area (Å²) in [5.74, 6) is -3.12. The third kappa shape index (κ3) is 10.7. The maximum Gasteiger partial charge on any atom is 0.419 e. The Balaban J connectivity index is 0.000000218. The predicted octanol–water partition coefficient (Wildman–Crippen LogP) is 7.68. The van der Waals surface area contributed by atoms with Crippen LogP contribution in [0.3, 0.4) is 0 Å². The number of carbonyl (C=O) groups excluding carboxylic acids is 4. The molecule has 0 radical (unpaired) electrons. The van der Waals surface area contributed by atoms with Crippen molar-refractivity contribution in [1.82, 2.24) is 21.6 Å². The summed E-state index contributed by atoms with van der Waals surface area (Å²) in [5, 5.41) is 23.1. The molecule has 6 N–H and O–H groups in total. The van der Waals surface area contributed by atoms with E-state index in [0.29, 0.717) is 31.2 Å². The number of hydrogen-bond donors (Lipinski definition) is 6. The van der Waals surface area contributed by atoms with Gasteiger partial charge in [0.15, 0.2) is 0 Å². The van der Waals surface area contributed by atoms with Crippen molar-refractivity contribution in [3.05, 3.63) is 119 Å². The number of rotatable bonds is 9. The molecule has 0 aliphatic heterocycles. The zero-order valence-electron chi connectivity index (χ0n) is 30.0. The van der Waals surface area contributed by atoms with E-state index in [1.165, 1.54) is 84.9 Å². The maximum atomic E-state index is 13.2. The van der Waals surface area contributed by atoms with Gasteiger partial charge in [-0.15, -0.1) is 0 Å². The number of amides is 4. The number of halogens is 6. The molecule has 6 rings (SSSR count). The van der Waals surface area contributed by atoms with E-state index in [2.05, 4.69) is 10.6 Å². The van der Waals surface area contributed by atoms with Crippen LogP contribution in [0.5, 0.6) is 11.5 Å². The van der Waals surface area contributed by atoms with E-state index in [4.69, 9.17) is 15.2 Å². The van der Waals surface area contributed by atoms with Gasteiger partial charge in [0.1, 0.15) is 11.5 Å². The molecule has 17 heteroatoms. The smallest absolute Gasteiger partial charge is 0.419 e. The molecule has 0 bridgehead atoms. The number of hydrogen-bond acceptors (Lipinski definition) is 7. The fourth-order valence-electron chi connectivity index (χ4n) is 6.94. The van der Waals surface area contributed by atoms with Gasteiger partial charge in [-0.25, -0.2) is 11.0 Å². The summed E-state index contributed by atoms with van der Waals surface area (Å²) in [6, 6.07) is 20.8. The van der Waals surface area contributed by atoms with E-state index >= 15 is 0 Å². The lowest BCUT2D eigenvalue weighted by molar-refractivity contribution is -0.139. The summed E-state index contributed by atoms with van der Waals surface area (Å²) in [6.45, 7) is 0. The first-order chi connectivity index (χ1) is 27.1. The average molecular weight is 801 g/mol. The molecule has 0 spiro atoms. The minimum absolute atomic E-state index is 0.0393. The van der Waals surface area contributed by atoms with Crippen molar-refractivity contribution in [2.45, 2.75) is 63.0 Å². The first kappa shape index (κ1) is 42.2. The van der Waals surface area contributed by atoms with Crippen molar-refractivity contribution >= 4 is 23.6 Å². The van der Waals surface area contributed by atoms with Crippen molar-refractivity contribution in [3.8, 4) is 22.6 Å². The summed E-state index contributed by atoms with van der Waals surface area (Å²) >= 11 is 0. The molecular weight excluding hydrogens is 762 g/mol. The molecule has 0 saturated heterocycles. The van der Waals surface area contributed by atoms with E-state index < -0.39 is 71.0 Å². The van der Waals surface area contributed by atoms with Crippen molar-refractivity contribution in [1.29, 1.82) is 0 Å². The molecule has 4 atom stereocenters. The van der Waals surface area contributed by atoms with Crippen molar-refractivity contribution in [3.63, 3.8) is 0 Å². The highest BCUT2D eigenvalue weighted by Gasteiger charge is 2.37. The van der Waals surface area contributed by atoms with E-state index in [1.54, 1.807) is 11.0 Å². The molecule has 2 fully saturated rings. The molecule has 57 heavy (non-hydrogen) atoms. The molecule has 2 saturated carbocycles. The normalized spacial score (nSPS) is 19.1. The highest BCUT2D eigenvalue weighted by atomic mass is 19.4. The lowest BCUT2D eigenvalue weighted by atomic mass is 9.98. The molecule has 11 nitrogen and oxygen atoms in total. The number of carbonyl (C=O) groups is 4. The lowest BCUT2D eigenvalue weighted by Crippen LogP contribution is -2.43. The van der Waals surface area contributed by atoms with Crippen LogP contribution in [0.15, 0.2) is 97.1 Å². The van der Waals surface area contributed by atoms with Gasteiger partial charge in [0, 0.05) is 23.2 Å². The van der Waals surface area contributed by atoms with Crippen LogP contribution in [0.4, 0.5) is 26.3 Å². The van der Waals surface area contributed by atoms with Gasteiger partial charge < -0.3 is 15.4 Å². The molecule has 302 valence electrons. The Morgan fingerprint density at radius 3 is 1.47 bits per heavy atom. The Labute approximate surface area is 322 Å². The number of nitrogens with one attached hydrogen (secondary N) is 4. The molecular formula is C40H38F6N4O7. The Morgan fingerprint density at radius 2 is 1.00 bits per heavy atom. The van der Waals surface area contributed by atoms with Gasteiger partial charge in [-0.2, -0.15) is 26.3 Å². The second-order valence-corrected chi connectivity index (χ2v) is 13.4. The SMILES string of the molecule is O=C(N[C@@H]1CCC[C@@H]1C(=O)NO)c1ccc(-c2ccccc2C(F)(F)F)cc1.O=C(N[C@@H]1CCC[C@@H]1C(=O)NO)c1ccc(Oc2ccccc2C(F)(F)F)cc1. The standard InChI is InChI=1S/C20H19F3N2O4.C20H19F3N2O3/c21-20(22,23)15-5-1-2-7-17(15)29-13-10-8-12(9-11-13)18(26)24-16-6-3-4-14(16)19(27)25-28;21-20(22,23)16-6-2-1-4-14(16)12-8-10-13(11-9-12)18(26)24-17-7-3-5-15(17)19(27)25-28/h1-2,5,7-11,14,16,28H,3-4,6H2,(H,24,26)(H,25,27);1-2,4,6,8-11,15,17,28H,3,5,7H2,(H,24,26)(H,25,27)/t14-,16+;15-,17+/m00/s1. The second-order valence-electron chi connectivity index (χ2n) is 13.4. The topological polar surface area (TPSA) is 166 Å². The van der Waals surface area contributed by atoms with E-state index in [0.717, 1.165) is 25.0 Å². The van der Waals surface area contributed by atoms with Crippen LogP contribution >= 0.6 is 0 Å². The zero-order chi connectivity index (χ0) is 41.3. The highest BCUT2D eigenvalue weighted by molar-refractivity contribution is 5.96. The lowest BCUT2D eigenvalue weighted by Gasteiger charge is -2.19. The molecule has 0 heterocycles. The third-order valence-corrected chi connectivity index (χ3v) is 9.79. The third-order valence-electron chi connectivity index (χ3n) is 9.79. The van der Waals surface area contributed by atoms with Gasteiger partial charge in [-0.05, 0) is 91.4 Å². The Hall–Kier alpha value is -5.94. The summed E-state index contributed by atoms with van der Waals surface area (Å²) in [4.78, 5) is 48.2. The first-order valence-electron chi connectivity index (χ1n) is 17.8. The molecule has 4 aromatic rings. The predicted molar refractivity (Wildman–Crippen MR) is 192 cm³/mol. The van der Waals surface area contributed by atoms with Gasteiger partial charge >= 0.3 is 12.4 Å². The van der Waals surface area contributed by atoms with Gasteiger partial charge in [0.2, 0.25) is 11.8 Å². The molecule has 2 aliphatic rings. The van der Waals surface area contributed by atoms with Crippen molar-refractivity contribution in [2.75, 3.05) is 0 Å². The van der Waals surface area contributed by atoms with Crippen LogP contribution < -0.4 is 26.3 Å². The van der Waals surface area contributed by atoms with Crippen LogP contribution in [0.1, 0.15) is 70.4 Å². The van der Waals surface area contributed by atoms with Gasteiger partial charge in [0.05, 0.1) is 23.0 Å². The molecule has 0 unspecified atom stereocenters. The van der Waals surface area contributed by atoms with Gasteiger partial charge in [-0.3, -0.25) is 29.6 Å². The quantitative estimate of drug-likeness (QED) is 0.0574. The summed E-state index contributed by atoms with van der Waals surface area (Å²) in [6.07, 6.45) is -5.19. The number of alkyl halides is 6. The summed E-state index contributed by atoms with van der Waals surface area (Å²) in [5.41, 5.74) is 2.53. The van der Waals surface area contributed by atoms with Crippen LogP contribution in [0, 0.1) is 11.8 Å². The van der Waals surface area contributed by atoms with Gasteiger partial charge in [-0.1, -0.05) is 55.3 Å². The van der Waals surface area contributed by atoms with Crippen LogP contribution in [0.25, 0.3) is 11.1 Å². The minimum Gasteiger partial charge on any atom is -0.457 e. The van der Waals surface area contributed by atoms with Crippen LogP contribution in [0.2, 0.25) is 0 Å². The average Bonchev–Trinajstić information content (AvgIpc) is 3.87. The zero-order valence-corrected chi connectivity index (χ0v) is 30.0. The fraction of sp³-hybridized carbons (Fsp3) is 0.300. The molecule has 4 aromatic carbocycles. The molecule has 2 aliphatic carbocycles. The Morgan fingerprint density at radius 1 is 0.561 bits per heavy atom. The van der Waals surface area contributed by atoms with E-state index in [-0.39, 0.29) is 28.2 Å². The number of ether oxygens (including phenoxy) is 1. The first-order valence-corrected chi connectivity index (χ1v) is 17.8. The summed E-state index contributed by atoms with van der Waals surface area (Å²) < 4.78 is 84.0. The number of para-hydroxylation sites is 1. The minimum atomic E-state index is -4.55. The maximum absolute atomic E-state index is 13.2. The molecule has 4 amide bonds. The van der Waals surface area contributed by atoms with Crippen LogP contribution in [-0.2, 0) is 21.9 Å². The Kier molecular flexibility index (Phi) is 13.6. The van der Waals surface area contributed by atoms with Crippen molar-refractivity contribution < 1.29 is 60.7 Å². The van der Waals surface area contributed by atoms with E-state index in [9.17, 15) is 45.5 Å². The van der Waals surface area contributed by atoms with Crippen LogP contribution in [-0.4, -0.2) is 46.1 Å². The second kappa shape index (κ2) is 18.3. The largest absolute Gasteiger partial charge is 0.457 e. The molecule has 0 aromatic heterocycles. The monoisotopic (exact) mass is 800 g/mol. The highest BCUT2D eigenvalue weighted by Crippen LogP contribution is 2.39. The van der Waals surface area contributed by atoms with Gasteiger partial charge in [0.25, 0.3) is 11.8 Å². The number of hydroxylamine groups is 2.